The molecule has 0 amide bonds. The third-order valence-corrected chi connectivity index (χ3v) is 7.93. The number of carbonyl (C=O) groups is 1. The number of hydrogen-bond donors (Lipinski definition) is 0. The van der Waals surface area contributed by atoms with E-state index in [4.69, 9.17) is 23.7 Å². The van der Waals surface area contributed by atoms with Gasteiger partial charge in [-0.3, -0.25) is 4.79 Å². The Labute approximate surface area is 276 Å². The van der Waals surface area contributed by atoms with Crippen LogP contribution in [0.15, 0.2) is 109 Å². The smallest absolute Gasteiger partial charge is 0.323 e. The van der Waals surface area contributed by atoms with Crippen LogP contribution in [-0.2, 0) is 4.79 Å². The number of para-hydroxylation sites is 2. The molecule has 240 valence electrons. The quantitative estimate of drug-likeness (QED) is 0.0955. The fraction of sp³-hybridized carbons (Fsp3) is 0.244. The second-order valence-electron chi connectivity index (χ2n) is 11.5. The van der Waals surface area contributed by atoms with Crippen molar-refractivity contribution in [2.24, 2.45) is 0 Å². The van der Waals surface area contributed by atoms with Crippen molar-refractivity contribution in [2.75, 3.05) is 19.8 Å². The first kappa shape index (κ1) is 31.7. The lowest BCUT2D eigenvalue weighted by Gasteiger charge is -2.26. The summed E-state index contributed by atoms with van der Waals surface area (Å²) in [5.41, 5.74) is 5.54. The molecular weight excluding hydrogens is 588 g/mol. The van der Waals surface area contributed by atoms with E-state index in [9.17, 15) is 4.79 Å². The molecule has 6 heteroatoms. The molecule has 0 unspecified atom stereocenters. The van der Waals surface area contributed by atoms with Crippen LogP contribution in [0.3, 0.4) is 0 Å². The van der Waals surface area contributed by atoms with Crippen molar-refractivity contribution >= 4 is 5.97 Å². The zero-order valence-electron chi connectivity index (χ0n) is 27.2. The van der Waals surface area contributed by atoms with Gasteiger partial charge in [0.2, 0.25) is 0 Å². The molecule has 0 aliphatic carbocycles. The van der Waals surface area contributed by atoms with Gasteiger partial charge in [0.05, 0.1) is 25.4 Å². The summed E-state index contributed by atoms with van der Waals surface area (Å²) in [7, 11) is 0. The van der Waals surface area contributed by atoms with E-state index in [0.717, 1.165) is 69.9 Å². The van der Waals surface area contributed by atoms with E-state index in [1.807, 2.05) is 84.9 Å². The van der Waals surface area contributed by atoms with Gasteiger partial charge >= 0.3 is 5.97 Å². The zero-order chi connectivity index (χ0) is 32.6. The molecule has 0 atom stereocenters. The van der Waals surface area contributed by atoms with Crippen LogP contribution in [0.2, 0.25) is 0 Å². The number of rotatable bonds is 13. The lowest BCUT2D eigenvalue weighted by molar-refractivity contribution is -0.135. The van der Waals surface area contributed by atoms with Crippen LogP contribution < -0.4 is 23.7 Å². The topological polar surface area (TPSA) is 63.2 Å². The first-order valence-electron chi connectivity index (χ1n) is 16.4. The average molecular weight is 629 g/mol. The first-order chi connectivity index (χ1) is 23.1. The predicted molar refractivity (Wildman–Crippen MR) is 185 cm³/mol. The molecule has 5 aromatic rings. The highest BCUT2D eigenvalue weighted by Gasteiger charge is 2.34. The maximum Gasteiger partial charge on any atom is 0.323 e. The van der Waals surface area contributed by atoms with E-state index in [0.29, 0.717) is 37.1 Å². The van der Waals surface area contributed by atoms with Crippen LogP contribution in [0.1, 0.15) is 57.1 Å². The van der Waals surface area contributed by atoms with E-state index >= 15 is 0 Å². The van der Waals surface area contributed by atoms with Gasteiger partial charge in [-0.15, -0.1) is 0 Å². The largest absolute Gasteiger partial charge is 0.493 e. The summed E-state index contributed by atoms with van der Waals surface area (Å²) in [6.07, 6.45) is 2.71. The molecule has 1 heterocycles. The lowest BCUT2D eigenvalue weighted by atomic mass is 9.88. The Bertz CT molecular complexity index is 1740. The molecule has 6 nitrogen and oxygen atoms in total. The molecule has 0 bridgehead atoms. The van der Waals surface area contributed by atoms with Gasteiger partial charge in [-0.05, 0) is 60.2 Å². The van der Waals surface area contributed by atoms with E-state index in [2.05, 4.69) is 45.0 Å². The Morgan fingerprint density at radius 2 is 1.04 bits per heavy atom. The van der Waals surface area contributed by atoms with Crippen molar-refractivity contribution < 1.29 is 28.5 Å². The molecule has 1 aliphatic heterocycles. The molecule has 6 rings (SSSR count). The number of ether oxygens (including phenoxy) is 5. The van der Waals surface area contributed by atoms with Crippen molar-refractivity contribution in [1.29, 1.82) is 0 Å². The summed E-state index contributed by atoms with van der Waals surface area (Å²) in [5.74, 6) is 3.14. The van der Waals surface area contributed by atoms with Crippen molar-refractivity contribution in [1.82, 2.24) is 0 Å². The Balaban J connectivity index is 1.23. The second-order valence-corrected chi connectivity index (χ2v) is 11.5. The number of carbonyl (C=O) groups excluding carboxylic acids is 1. The van der Waals surface area contributed by atoms with Gasteiger partial charge in [0.15, 0.2) is 0 Å². The van der Waals surface area contributed by atoms with Gasteiger partial charge < -0.3 is 23.7 Å². The molecule has 1 aliphatic rings. The molecule has 0 radical (unpaired) electrons. The van der Waals surface area contributed by atoms with Crippen LogP contribution in [0, 0.1) is 0 Å². The first-order valence-corrected chi connectivity index (χ1v) is 16.4. The van der Waals surface area contributed by atoms with Crippen LogP contribution in [0.4, 0.5) is 0 Å². The van der Waals surface area contributed by atoms with E-state index in [-0.39, 0.29) is 5.97 Å². The molecule has 0 saturated heterocycles. The van der Waals surface area contributed by atoms with Gasteiger partial charge in [0, 0.05) is 23.3 Å². The highest BCUT2D eigenvalue weighted by molar-refractivity contribution is 5.87. The highest BCUT2D eigenvalue weighted by atomic mass is 16.5. The average Bonchev–Trinajstić information content (AvgIpc) is 3.11. The molecule has 0 N–H and O–H groups in total. The molecule has 47 heavy (non-hydrogen) atoms. The SMILES string of the molecule is CCCOc1cc(OCCC)c(-c2ccc(-c3ccc(OC(=O)C4c5ccccc5Oc5ccccc54)cc3)cc2)c(OCCC)c1. The normalized spacial score (nSPS) is 12.0. The summed E-state index contributed by atoms with van der Waals surface area (Å²) in [6.45, 7) is 8.10. The van der Waals surface area contributed by atoms with Crippen LogP contribution in [0.5, 0.6) is 34.5 Å². The summed E-state index contributed by atoms with van der Waals surface area (Å²) in [5, 5.41) is 0. The van der Waals surface area contributed by atoms with Crippen molar-refractivity contribution in [3.8, 4) is 56.8 Å². The monoisotopic (exact) mass is 628 g/mol. The minimum atomic E-state index is -0.576. The Morgan fingerprint density at radius 1 is 0.574 bits per heavy atom. The number of hydrogen-bond acceptors (Lipinski definition) is 6. The second kappa shape index (κ2) is 14.9. The number of esters is 1. The fourth-order valence-corrected chi connectivity index (χ4v) is 5.69. The third-order valence-electron chi connectivity index (χ3n) is 7.93. The van der Waals surface area contributed by atoms with Crippen LogP contribution in [-0.4, -0.2) is 25.8 Å². The van der Waals surface area contributed by atoms with E-state index in [1.165, 1.54) is 0 Å². The molecule has 0 saturated carbocycles. The molecule has 5 aromatic carbocycles. The van der Waals surface area contributed by atoms with Crippen molar-refractivity contribution in [3.63, 3.8) is 0 Å². The summed E-state index contributed by atoms with van der Waals surface area (Å²) < 4.78 is 30.4. The minimum Gasteiger partial charge on any atom is -0.493 e. The van der Waals surface area contributed by atoms with E-state index < -0.39 is 5.92 Å². The van der Waals surface area contributed by atoms with Crippen molar-refractivity contribution in [3.05, 3.63) is 120 Å². The Hall–Kier alpha value is -5.23. The summed E-state index contributed by atoms with van der Waals surface area (Å²) in [6, 6.07) is 35.1. The van der Waals surface area contributed by atoms with Crippen molar-refractivity contribution in [2.45, 2.75) is 46.0 Å². The van der Waals surface area contributed by atoms with Gasteiger partial charge in [-0.25, -0.2) is 0 Å². The number of fused-ring (bicyclic) bond motifs is 2. The molecular formula is C41H40O6. The van der Waals surface area contributed by atoms with Gasteiger partial charge in [0.1, 0.15) is 40.4 Å². The van der Waals surface area contributed by atoms with Crippen LogP contribution >= 0.6 is 0 Å². The lowest BCUT2D eigenvalue weighted by Crippen LogP contribution is -2.23. The molecule has 0 fully saturated rings. The van der Waals surface area contributed by atoms with Crippen LogP contribution in [0.25, 0.3) is 22.3 Å². The fourth-order valence-electron chi connectivity index (χ4n) is 5.69. The van der Waals surface area contributed by atoms with Gasteiger partial charge in [0.25, 0.3) is 0 Å². The minimum absolute atomic E-state index is 0.349. The zero-order valence-corrected chi connectivity index (χ0v) is 27.2. The third kappa shape index (κ3) is 7.12. The van der Waals surface area contributed by atoms with Gasteiger partial charge in [-0.2, -0.15) is 0 Å². The predicted octanol–water partition coefficient (Wildman–Crippen LogP) is 10.2. The van der Waals surface area contributed by atoms with Gasteiger partial charge in [-0.1, -0.05) is 93.6 Å². The summed E-state index contributed by atoms with van der Waals surface area (Å²) in [4.78, 5) is 13.6. The molecule has 0 aromatic heterocycles. The Morgan fingerprint density at radius 3 is 1.57 bits per heavy atom. The highest BCUT2D eigenvalue weighted by Crippen LogP contribution is 2.45. The van der Waals surface area contributed by atoms with E-state index in [1.54, 1.807) is 0 Å². The Kier molecular flexibility index (Phi) is 10.1. The molecule has 0 spiro atoms. The summed E-state index contributed by atoms with van der Waals surface area (Å²) >= 11 is 0. The number of benzene rings is 5. The standard InChI is InChI=1S/C41H40O6/c1-4-23-43-32-26-37(44-24-5-2)39(38(27-32)45-25-6-3)30-17-15-28(16-18-30)29-19-21-31(22-20-29)46-41(42)40-33-11-7-9-13-35(33)47-36-14-10-8-12-34(36)40/h7-22,26-27,40H,4-6,23-25H2,1-3H3. The maximum absolute atomic E-state index is 13.6. The maximum atomic E-state index is 13.6.